The Morgan fingerprint density at radius 1 is 1.65 bits per heavy atom. The molecule has 0 saturated carbocycles. The van der Waals surface area contributed by atoms with Crippen molar-refractivity contribution in [1.82, 2.24) is 10.2 Å². The number of likely N-dealkylation sites (tertiary alicyclic amines) is 1. The van der Waals surface area contributed by atoms with Crippen LogP contribution in [-0.2, 0) is 4.79 Å². The number of hydrogen-bond donors (Lipinski definition) is 2. The highest BCUT2D eigenvalue weighted by Gasteiger charge is 2.31. The molecule has 5 heteroatoms. The second kappa shape index (κ2) is 7.20. The van der Waals surface area contributed by atoms with Crippen molar-refractivity contribution >= 4 is 17.2 Å². The zero-order valence-electron chi connectivity index (χ0n) is 12.3. The largest absolute Gasteiger partial charge is 0.355 e. The number of nitrogens with two attached hydrogens (primary N) is 1. The van der Waals surface area contributed by atoms with Gasteiger partial charge in [0.2, 0.25) is 5.91 Å². The molecule has 1 fully saturated rings. The van der Waals surface area contributed by atoms with Gasteiger partial charge in [0.1, 0.15) is 0 Å². The van der Waals surface area contributed by atoms with Crippen LogP contribution < -0.4 is 11.1 Å². The van der Waals surface area contributed by atoms with Gasteiger partial charge in [-0.15, -0.1) is 11.3 Å². The van der Waals surface area contributed by atoms with Crippen LogP contribution in [0.5, 0.6) is 0 Å². The number of nitrogens with one attached hydrogen (secondary N) is 1. The number of amides is 1. The van der Waals surface area contributed by atoms with Gasteiger partial charge in [0.15, 0.2) is 0 Å². The first-order valence-corrected chi connectivity index (χ1v) is 8.23. The Morgan fingerprint density at radius 2 is 2.45 bits per heavy atom. The second-order valence-electron chi connectivity index (χ2n) is 5.73. The van der Waals surface area contributed by atoms with Crippen LogP contribution in [0.1, 0.15) is 30.7 Å². The lowest BCUT2D eigenvalue weighted by Gasteiger charge is -2.39. The standard InChI is InChI=1S/C15H25N3OS/c1-11(9-16)15(19)17-10-12-5-3-7-18(2)14(12)13-6-4-8-20-13/h4,6,8,11-12,14H,3,5,7,9-10,16H2,1-2H3,(H,17,19). The Balaban J connectivity index is 1.99. The first-order chi connectivity index (χ1) is 9.63. The highest BCUT2D eigenvalue weighted by Crippen LogP contribution is 2.36. The summed E-state index contributed by atoms with van der Waals surface area (Å²) in [6.45, 7) is 4.16. The molecule has 0 radical (unpaired) electrons. The second-order valence-corrected chi connectivity index (χ2v) is 6.70. The van der Waals surface area contributed by atoms with Gasteiger partial charge in [-0.05, 0) is 43.8 Å². The maximum absolute atomic E-state index is 11.9. The fourth-order valence-corrected chi connectivity index (χ4v) is 3.88. The van der Waals surface area contributed by atoms with E-state index in [2.05, 4.69) is 34.8 Å². The van der Waals surface area contributed by atoms with Gasteiger partial charge in [-0.1, -0.05) is 13.0 Å². The van der Waals surface area contributed by atoms with E-state index in [1.165, 1.54) is 17.7 Å². The summed E-state index contributed by atoms with van der Waals surface area (Å²) < 4.78 is 0. The van der Waals surface area contributed by atoms with Gasteiger partial charge in [-0.2, -0.15) is 0 Å². The van der Waals surface area contributed by atoms with Crippen molar-refractivity contribution in [3.05, 3.63) is 22.4 Å². The zero-order chi connectivity index (χ0) is 14.5. The molecular weight excluding hydrogens is 270 g/mol. The summed E-state index contributed by atoms with van der Waals surface area (Å²) >= 11 is 1.81. The van der Waals surface area contributed by atoms with Gasteiger partial charge in [-0.25, -0.2) is 0 Å². The summed E-state index contributed by atoms with van der Waals surface area (Å²) in [7, 11) is 2.18. The summed E-state index contributed by atoms with van der Waals surface area (Å²) in [5, 5.41) is 5.20. The van der Waals surface area contributed by atoms with Crippen molar-refractivity contribution < 1.29 is 4.79 Å². The number of piperidine rings is 1. The van der Waals surface area contributed by atoms with E-state index in [1.54, 1.807) is 0 Å². The van der Waals surface area contributed by atoms with Gasteiger partial charge in [0.25, 0.3) is 0 Å². The normalized spacial score (nSPS) is 25.4. The van der Waals surface area contributed by atoms with E-state index in [9.17, 15) is 4.79 Å². The Hall–Kier alpha value is -0.910. The predicted molar refractivity (Wildman–Crippen MR) is 83.6 cm³/mol. The first-order valence-electron chi connectivity index (χ1n) is 7.35. The van der Waals surface area contributed by atoms with Crippen molar-refractivity contribution in [2.24, 2.45) is 17.6 Å². The molecule has 0 spiro atoms. The van der Waals surface area contributed by atoms with Crippen molar-refractivity contribution in [3.63, 3.8) is 0 Å². The molecule has 1 aliphatic heterocycles. The quantitative estimate of drug-likeness (QED) is 0.871. The molecule has 20 heavy (non-hydrogen) atoms. The van der Waals surface area contributed by atoms with Gasteiger partial charge in [0, 0.05) is 29.9 Å². The SMILES string of the molecule is CC(CN)C(=O)NCC1CCCN(C)C1c1cccs1. The van der Waals surface area contributed by atoms with E-state index in [0.29, 0.717) is 18.5 Å². The van der Waals surface area contributed by atoms with Crippen LogP contribution in [0, 0.1) is 11.8 Å². The number of rotatable bonds is 5. The Morgan fingerprint density at radius 3 is 3.10 bits per heavy atom. The minimum atomic E-state index is -0.100. The minimum Gasteiger partial charge on any atom is -0.355 e. The molecule has 2 heterocycles. The summed E-state index contributed by atoms with van der Waals surface area (Å²) in [5.74, 6) is 0.462. The van der Waals surface area contributed by atoms with Crippen LogP contribution in [0.15, 0.2) is 17.5 Å². The fourth-order valence-electron chi connectivity index (χ4n) is 2.90. The predicted octanol–water partition coefficient (Wildman–Crippen LogP) is 1.84. The molecule has 1 amide bonds. The number of carbonyl (C=O) groups excluding carboxylic acids is 1. The fraction of sp³-hybridized carbons (Fsp3) is 0.667. The highest BCUT2D eigenvalue weighted by atomic mass is 32.1. The van der Waals surface area contributed by atoms with Gasteiger partial charge in [-0.3, -0.25) is 9.69 Å². The maximum atomic E-state index is 11.9. The molecule has 2 rings (SSSR count). The molecule has 0 bridgehead atoms. The molecule has 3 N–H and O–H groups in total. The summed E-state index contributed by atoms with van der Waals surface area (Å²) in [6.07, 6.45) is 2.37. The molecule has 112 valence electrons. The van der Waals surface area contributed by atoms with E-state index in [-0.39, 0.29) is 11.8 Å². The molecule has 4 nitrogen and oxygen atoms in total. The number of thiophene rings is 1. The van der Waals surface area contributed by atoms with Crippen molar-refractivity contribution in [1.29, 1.82) is 0 Å². The van der Waals surface area contributed by atoms with Crippen LogP contribution in [0.4, 0.5) is 0 Å². The Labute approximate surface area is 125 Å². The average Bonchev–Trinajstić information content (AvgIpc) is 2.97. The Bertz CT molecular complexity index is 421. The van der Waals surface area contributed by atoms with E-state index in [4.69, 9.17) is 5.73 Å². The average molecular weight is 295 g/mol. The third-order valence-electron chi connectivity index (χ3n) is 4.18. The third kappa shape index (κ3) is 3.59. The molecule has 3 atom stereocenters. The molecular formula is C15H25N3OS. The molecule has 3 unspecified atom stereocenters. The summed E-state index contributed by atoms with van der Waals surface area (Å²) in [5.41, 5.74) is 5.54. The molecule has 1 aromatic rings. The number of carbonyl (C=O) groups is 1. The van der Waals surface area contributed by atoms with Crippen molar-refractivity contribution in [2.45, 2.75) is 25.8 Å². The molecule has 1 saturated heterocycles. The number of nitrogens with zero attached hydrogens (tertiary/aromatic N) is 1. The molecule has 1 aliphatic rings. The first kappa shape index (κ1) is 15.5. The van der Waals surface area contributed by atoms with Crippen LogP contribution in [0.2, 0.25) is 0 Å². The summed E-state index contributed by atoms with van der Waals surface area (Å²) in [6, 6.07) is 4.74. The lowest BCUT2D eigenvalue weighted by molar-refractivity contribution is -0.124. The van der Waals surface area contributed by atoms with E-state index < -0.39 is 0 Å². The van der Waals surface area contributed by atoms with Crippen molar-refractivity contribution in [3.8, 4) is 0 Å². The van der Waals surface area contributed by atoms with Crippen LogP contribution >= 0.6 is 11.3 Å². The maximum Gasteiger partial charge on any atom is 0.224 e. The Kier molecular flexibility index (Phi) is 5.57. The third-order valence-corrected chi connectivity index (χ3v) is 5.12. The molecule has 0 aliphatic carbocycles. The minimum absolute atomic E-state index is 0.0747. The lowest BCUT2D eigenvalue weighted by atomic mass is 9.88. The molecule has 1 aromatic heterocycles. The van der Waals surface area contributed by atoms with E-state index >= 15 is 0 Å². The van der Waals surface area contributed by atoms with Crippen LogP contribution in [-0.4, -0.2) is 37.5 Å². The topological polar surface area (TPSA) is 58.4 Å². The monoisotopic (exact) mass is 295 g/mol. The molecule has 0 aromatic carbocycles. The smallest absolute Gasteiger partial charge is 0.224 e. The van der Waals surface area contributed by atoms with Crippen LogP contribution in [0.3, 0.4) is 0 Å². The zero-order valence-corrected chi connectivity index (χ0v) is 13.2. The van der Waals surface area contributed by atoms with Gasteiger partial charge in [0.05, 0.1) is 0 Å². The van der Waals surface area contributed by atoms with Gasteiger partial charge < -0.3 is 11.1 Å². The summed E-state index contributed by atoms with van der Waals surface area (Å²) in [4.78, 5) is 15.7. The van der Waals surface area contributed by atoms with Crippen molar-refractivity contribution in [2.75, 3.05) is 26.7 Å². The van der Waals surface area contributed by atoms with E-state index in [0.717, 1.165) is 13.1 Å². The number of hydrogen-bond acceptors (Lipinski definition) is 4. The highest BCUT2D eigenvalue weighted by molar-refractivity contribution is 7.10. The van der Waals surface area contributed by atoms with Gasteiger partial charge >= 0.3 is 0 Å². The van der Waals surface area contributed by atoms with Crippen LogP contribution in [0.25, 0.3) is 0 Å². The lowest BCUT2D eigenvalue weighted by Crippen LogP contribution is -2.43. The van der Waals surface area contributed by atoms with E-state index in [1.807, 2.05) is 18.3 Å².